The third kappa shape index (κ3) is 3.39. The summed E-state index contributed by atoms with van der Waals surface area (Å²) in [4.78, 5) is 20.6. The van der Waals surface area contributed by atoms with Gasteiger partial charge in [0.2, 0.25) is 0 Å². The van der Waals surface area contributed by atoms with Crippen LogP contribution in [-0.2, 0) is 9.53 Å². The molecule has 0 fully saturated rings. The van der Waals surface area contributed by atoms with Crippen molar-refractivity contribution in [1.29, 1.82) is 0 Å². The van der Waals surface area contributed by atoms with E-state index >= 15 is 0 Å². The van der Waals surface area contributed by atoms with Gasteiger partial charge in [-0.2, -0.15) is 0 Å². The molecule has 0 aliphatic carbocycles. The van der Waals surface area contributed by atoms with Crippen molar-refractivity contribution < 1.29 is 24.0 Å². The zero-order valence-corrected chi connectivity index (χ0v) is 9.42. The van der Waals surface area contributed by atoms with Gasteiger partial charge in [-0.05, 0) is 12.1 Å². The first-order valence-corrected chi connectivity index (χ1v) is 4.89. The Balaban J connectivity index is 2.84. The molecule has 0 spiro atoms. The maximum absolute atomic E-state index is 12.8. The normalized spacial score (nSPS) is 11.9. The summed E-state index contributed by atoms with van der Waals surface area (Å²) in [7, 11) is 1.21. The number of halogens is 1. The molecule has 18 heavy (non-hydrogen) atoms. The smallest absolute Gasteiger partial charge is 0.334 e. The highest BCUT2D eigenvalue weighted by Crippen LogP contribution is 2.24. The van der Waals surface area contributed by atoms with Crippen LogP contribution in [0.15, 0.2) is 18.2 Å². The Bertz CT molecular complexity index is 466. The van der Waals surface area contributed by atoms with E-state index in [-0.39, 0.29) is 12.2 Å². The Labute approximate surface area is 101 Å². The van der Waals surface area contributed by atoms with E-state index in [2.05, 4.69) is 10.1 Å². The molecule has 0 amide bonds. The fourth-order valence-corrected chi connectivity index (χ4v) is 1.28. The van der Waals surface area contributed by atoms with Crippen LogP contribution in [-0.4, -0.2) is 35.8 Å². The Hall–Kier alpha value is -2.22. The van der Waals surface area contributed by atoms with E-state index in [0.29, 0.717) is 0 Å². The van der Waals surface area contributed by atoms with Crippen LogP contribution in [0.3, 0.4) is 0 Å². The molecule has 0 radical (unpaired) electrons. The first kappa shape index (κ1) is 13.8. The van der Waals surface area contributed by atoms with Crippen molar-refractivity contribution in [3.63, 3.8) is 0 Å². The highest BCUT2D eigenvalue weighted by molar-refractivity contribution is 5.73. The monoisotopic (exact) mass is 258 g/mol. The van der Waals surface area contributed by atoms with Crippen molar-refractivity contribution in [1.82, 2.24) is 0 Å². The summed E-state index contributed by atoms with van der Waals surface area (Å²) in [6, 6.07) is 2.96. The molecular weight excluding hydrogens is 247 g/mol. The van der Waals surface area contributed by atoms with Gasteiger partial charge >= 0.3 is 5.97 Å². The fraction of sp³-hybridized carbons (Fsp3) is 0.300. The van der Waals surface area contributed by atoms with Crippen molar-refractivity contribution in [2.75, 3.05) is 19.0 Å². The summed E-state index contributed by atoms with van der Waals surface area (Å²) in [6.45, 7) is -0.168. The van der Waals surface area contributed by atoms with Gasteiger partial charge in [0, 0.05) is 7.11 Å². The van der Waals surface area contributed by atoms with Crippen LogP contribution in [0.25, 0.3) is 0 Å². The number of anilines is 1. The summed E-state index contributed by atoms with van der Waals surface area (Å²) >= 11 is 0. The predicted molar refractivity (Wildman–Crippen MR) is 60.0 cm³/mol. The molecule has 8 heteroatoms. The molecule has 1 aromatic rings. The second kappa shape index (κ2) is 5.92. The number of nitrogens with one attached hydrogen (secondary N) is 1. The lowest BCUT2D eigenvalue weighted by molar-refractivity contribution is -0.384. The van der Waals surface area contributed by atoms with Crippen molar-refractivity contribution >= 4 is 17.3 Å². The largest absolute Gasteiger partial charge is 0.479 e. The Morgan fingerprint density at radius 1 is 1.67 bits per heavy atom. The van der Waals surface area contributed by atoms with Crippen molar-refractivity contribution in [2.45, 2.75) is 6.10 Å². The highest BCUT2D eigenvalue weighted by Gasteiger charge is 2.19. The van der Waals surface area contributed by atoms with Crippen LogP contribution in [0.1, 0.15) is 0 Å². The van der Waals surface area contributed by atoms with Crippen LogP contribution in [0.5, 0.6) is 0 Å². The van der Waals surface area contributed by atoms with E-state index in [1.807, 2.05) is 0 Å². The molecule has 0 aliphatic rings. The number of nitro benzene ring substituents is 1. The molecule has 1 unspecified atom stereocenters. The van der Waals surface area contributed by atoms with Crippen LogP contribution in [0.2, 0.25) is 0 Å². The number of hydrogen-bond acceptors (Lipinski definition) is 5. The molecule has 1 atom stereocenters. The first-order chi connectivity index (χ1) is 8.45. The minimum Gasteiger partial charge on any atom is -0.479 e. The zero-order chi connectivity index (χ0) is 13.7. The lowest BCUT2D eigenvalue weighted by Crippen LogP contribution is -2.30. The number of carboxylic acids is 1. The van der Waals surface area contributed by atoms with E-state index in [1.165, 1.54) is 13.2 Å². The van der Waals surface area contributed by atoms with Gasteiger partial charge in [0.15, 0.2) is 6.10 Å². The zero-order valence-electron chi connectivity index (χ0n) is 9.42. The molecular formula is C10H11FN2O5. The standard InChI is InChI=1S/C10H11FN2O5/c1-18-9(10(14)15)5-12-7-3-2-6(11)4-8(7)13(16)17/h2-4,9,12H,5H2,1H3,(H,14,15). The van der Waals surface area contributed by atoms with Gasteiger partial charge in [0.25, 0.3) is 5.69 Å². The molecule has 0 saturated heterocycles. The summed E-state index contributed by atoms with van der Waals surface area (Å²) in [6.07, 6.45) is -1.14. The van der Waals surface area contributed by atoms with Gasteiger partial charge in [-0.15, -0.1) is 0 Å². The van der Waals surface area contributed by atoms with Crippen LogP contribution < -0.4 is 5.32 Å². The van der Waals surface area contributed by atoms with Gasteiger partial charge in [-0.1, -0.05) is 0 Å². The van der Waals surface area contributed by atoms with Gasteiger partial charge < -0.3 is 15.2 Å². The number of nitrogens with zero attached hydrogens (tertiary/aromatic N) is 1. The third-order valence-corrected chi connectivity index (χ3v) is 2.19. The number of rotatable bonds is 6. The number of hydrogen-bond donors (Lipinski definition) is 2. The second-order valence-electron chi connectivity index (χ2n) is 3.36. The summed E-state index contributed by atoms with van der Waals surface area (Å²) in [5.74, 6) is -1.94. The third-order valence-electron chi connectivity index (χ3n) is 2.19. The Morgan fingerprint density at radius 2 is 2.33 bits per heavy atom. The lowest BCUT2D eigenvalue weighted by atomic mass is 10.2. The van der Waals surface area contributed by atoms with Crippen molar-refractivity contribution in [3.05, 3.63) is 34.1 Å². The molecule has 1 rings (SSSR count). The molecule has 0 heterocycles. The molecule has 7 nitrogen and oxygen atoms in total. The average molecular weight is 258 g/mol. The number of methoxy groups -OCH3 is 1. The van der Waals surface area contributed by atoms with Crippen LogP contribution in [0.4, 0.5) is 15.8 Å². The van der Waals surface area contributed by atoms with E-state index in [1.54, 1.807) is 0 Å². The van der Waals surface area contributed by atoms with E-state index < -0.39 is 28.5 Å². The lowest BCUT2D eigenvalue weighted by Gasteiger charge is -2.12. The molecule has 0 aromatic heterocycles. The van der Waals surface area contributed by atoms with Crippen molar-refractivity contribution in [2.24, 2.45) is 0 Å². The van der Waals surface area contributed by atoms with E-state index in [9.17, 15) is 19.3 Å². The number of nitro groups is 1. The number of ether oxygens (including phenoxy) is 1. The van der Waals surface area contributed by atoms with Gasteiger partial charge in [-0.3, -0.25) is 10.1 Å². The molecule has 0 saturated carbocycles. The SMILES string of the molecule is COC(CNc1ccc(F)cc1[N+](=O)[O-])C(=O)O. The minimum atomic E-state index is -1.20. The van der Waals surface area contributed by atoms with Crippen LogP contribution >= 0.6 is 0 Å². The maximum atomic E-state index is 12.8. The Morgan fingerprint density at radius 3 is 2.83 bits per heavy atom. The average Bonchev–Trinajstić information content (AvgIpc) is 2.30. The molecule has 2 N–H and O–H groups in total. The summed E-state index contributed by atoms with van der Waals surface area (Å²) < 4.78 is 17.5. The quantitative estimate of drug-likeness (QED) is 0.588. The van der Waals surface area contributed by atoms with E-state index in [4.69, 9.17) is 5.11 Å². The topological polar surface area (TPSA) is 102 Å². The molecule has 0 bridgehead atoms. The summed E-state index contributed by atoms with van der Waals surface area (Å²) in [5, 5.41) is 21.9. The van der Waals surface area contributed by atoms with Gasteiger partial charge in [0.05, 0.1) is 17.5 Å². The van der Waals surface area contributed by atoms with Crippen molar-refractivity contribution in [3.8, 4) is 0 Å². The number of aliphatic carboxylic acids is 1. The highest BCUT2D eigenvalue weighted by atomic mass is 19.1. The molecule has 0 aliphatic heterocycles. The number of benzene rings is 1. The predicted octanol–water partition coefficient (Wildman–Crippen LogP) is 1.25. The summed E-state index contributed by atoms with van der Waals surface area (Å²) in [5.41, 5.74) is -0.431. The fourth-order valence-electron chi connectivity index (χ4n) is 1.28. The molecule has 98 valence electrons. The number of carboxylic acid groups (broad SMARTS) is 1. The maximum Gasteiger partial charge on any atom is 0.334 e. The molecule has 1 aromatic carbocycles. The minimum absolute atomic E-state index is 0.0321. The van der Waals surface area contributed by atoms with Crippen LogP contribution in [0, 0.1) is 15.9 Å². The van der Waals surface area contributed by atoms with Gasteiger partial charge in [-0.25, -0.2) is 9.18 Å². The Kier molecular flexibility index (Phi) is 4.55. The second-order valence-corrected chi connectivity index (χ2v) is 3.36. The first-order valence-electron chi connectivity index (χ1n) is 4.89. The number of carbonyl (C=O) groups is 1. The van der Waals surface area contributed by atoms with Gasteiger partial charge in [0.1, 0.15) is 11.5 Å². The van der Waals surface area contributed by atoms with E-state index in [0.717, 1.165) is 12.1 Å².